The van der Waals surface area contributed by atoms with Gasteiger partial charge >= 0.3 is 0 Å². The Labute approximate surface area is 189 Å². The van der Waals surface area contributed by atoms with E-state index in [1.807, 2.05) is 29.6 Å². The topological polar surface area (TPSA) is 48.5 Å². The lowest BCUT2D eigenvalue weighted by atomic mass is 10.1. The lowest BCUT2D eigenvalue weighted by molar-refractivity contribution is -0.117. The molecular weight excluding hydrogens is 460 g/mol. The molecular formula is C23H25BrN4OS. The van der Waals surface area contributed by atoms with Gasteiger partial charge < -0.3 is 5.32 Å². The first-order valence-corrected chi connectivity index (χ1v) is 11.7. The summed E-state index contributed by atoms with van der Waals surface area (Å²) in [6.45, 7) is 7.31. The maximum atomic E-state index is 12.5. The number of nitrogens with zero attached hydrogens (tertiary/aromatic N) is 3. The molecule has 2 heterocycles. The lowest BCUT2D eigenvalue weighted by Crippen LogP contribution is -2.48. The van der Waals surface area contributed by atoms with Crippen molar-refractivity contribution in [3.05, 3.63) is 69.5 Å². The number of piperazine rings is 1. The van der Waals surface area contributed by atoms with Crippen LogP contribution in [0.3, 0.4) is 0 Å². The minimum Gasteiger partial charge on any atom is -0.301 e. The van der Waals surface area contributed by atoms with Gasteiger partial charge in [-0.3, -0.25) is 14.6 Å². The summed E-state index contributed by atoms with van der Waals surface area (Å²) in [5.74, 6) is -0.000870. The van der Waals surface area contributed by atoms with Crippen molar-refractivity contribution in [3.8, 4) is 11.3 Å². The first kappa shape index (κ1) is 21.2. The van der Waals surface area contributed by atoms with Crippen LogP contribution in [-0.4, -0.2) is 53.4 Å². The van der Waals surface area contributed by atoms with Gasteiger partial charge in [0.2, 0.25) is 5.91 Å². The van der Waals surface area contributed by atoms with E-state index in [9.17, 15) is 4.79 Å². The number of nitrogens with one attached hydrogen (secondary N) is 1. The summed E-state index contributed by atoms with van der Waals surface area (Å²) < 4.78 is 1.04. The number of benzene rings is 2. The Hall–Kier alpha value is -2.06. The summed E-state index contributed by atoms with van der Waals surface area (Å²) in [7, 11) is 0. The van der Waals surface area contributed by atoms with Crippen molar-refractivity contribution in [2.24, 2.45) is 0 Å². The van der Waals surface area contributed by atoms with Gasteiger partial charge in [0.05, 0.1) is 12.2 Å². The monoisotopic (exact) mass is 484 g/mol. The molecule has 0 spiro atoms. The van der Waals surface area contributed by atoms with Crippen LogP contribution in [0.25, 0.3) is 11.3 Å². The molecule has 0 radical (unpaired) electrons. The van der Waals surface area contributed by atoms with Gasteiger partial charge in [-0.25, -0.2) is 4.98 Å². The van der Waals surface area contributed by atoms with Crippen LogP contribution >= 0.6 is 27.3 Å². The van der Waals surface area contributed by atoms with Gasteiger partial charge in [-0.05, 0) is 30.2 Å². The molecule has 1 amide bonds. The van der Waals surface area contributed by atoms with Gasteiger partial charge in [-0.15, -0.1) is 11.3 Å². The van der Waals surface area contributed by atoms with Gasteiger partial charge in [0, 0.05) is 48.1 Å². The first-order valence-electron chi connectivity index (χ1n) is 10.1. The number of carbonyl (C=O) groups is 1. The van der Waals surface area contributed by atoms with Crippen LogP contribution in [0.1, 0.15) is 11.1 Å². The van der Waals surface area contributed by atoms with E-state index in [0.29, 0.717) is 11.7 Å². The quantitative estimate of drug-likeness (QED) is 0.553. The van der Waals surface area contributed by atoms with Crippen LogP contribution < -0.4 is 5.32 Å². The maximum Gasteiger partial charge on any atom is 0.240 e. The number of hydrogen-bond donors (Lipinski definition) is 1. The zero-order valence-corrected chi connectivity index (χ0v) is 19.4. The highest BCUT2D eigenvalue weighted by Crippen LogP contribution is 2.26. The highest BCUT2D eigenvalue weighted by molar-refractivity contribution is 9.10. The molecule has 5 nitrogen and oxygen atoms in total. The van der Waals surface area contributed by atoms with Crippen LogP contribution in [-0.2, 0) is 11.3 Å². The minimum absolute atomic E-state index is 0.000870. The molecule has 1 aliphatic heterocycles. The van der Waals surface area contributed by atoms with Crippen molar-refractivity contribution < 1.29 is 4.79 Å². The zero-order chi connectivity index (χ0) is 20.9. The van der Waals surface area contributed by atoms with Crippen LogP contribution in [0, 0.1) is 6.92 Å². The fraction of sp³-hybridized carbons (Fsp3) is 0.304. The van der Waals surface area contributed by atoms with Gasteiger partial charge in [0.1, 0.15) is 0 Å². The maximum absolute atomic E-state index is 12.5. The summed E-state index contributed by atoms with van der Waals surface area (Å²) in [4.78, 5) is 21.7. The van der Waals surface area contributed by atoms with E-state index in [2.05, 4.69) is 67.2 Å². The predicted octanol–water partition coefficient (Wildman–Crippen LogP) is 4.64. The molecule has 30 heavy (non-hydrogen) atoms. The molecule has 3 aromatic rings. The number of carbonyl (C=O) groups excluding carboxylic acids is 1. The average Bonchev–Trinajstić information content (AvgIpc) is 3.20. The Morgan fingerprint density at radius 2 is 1.77 bits per heavy atom. The Balaban J connectivity index is 1.24. The lowest BCUT2D eigenvalue weighted by Gasteiger charge is -2.34. The predicted molar refractivity (Wildman–Crippen MR) is 127 cm³/mol. The average molecular weight is 485 g/mol. The standard InChI is InChI=1S/C23H25BrN4OS/c1-17-4-2-3-5-19(17)14-27-10-12-28(13-11-27)15-22(29)26-23-25-21(16-30-23)18-6-8-20(24)9-7-18/h2-9,16H,10-15H2,1H3,(H,25,26,29). The molecule has 156 valence electrons. The van der Waals surface area contributed by atoms with Crippen molar-refractivity contribution in [2.45, 2.75) is 13.5 Å². The molecule has 2 aromatic carbocycles. The van der Waals surface area contributed by atoms with E-state index in [1.54, 1.807) is 0 Å². The van der Waals surface area contributed by atoms with Crippen molar-refractivity contribution in [2.75, 3.05) is 38.0 Å². The van der Waals surface area contributed by atoms with Crippen LogP contribution in [0.4, 0.5) is 5.13 Å². The summed E-state index contributed by atoms with van der Waals surface area (Å²) >= 11 is 4.90. The number of rotatable bonds is 6. The summed E-state index contributed by atoms with van der Waals surface area (Å²) in [6, 6.07) is 16.6. The van der Waals surface area contributed by atoms with E-state index in [-0.39, 0.29) is 5.91 Å². The molecule has 0 bridgehead atoms. The van der Waals surface area contributed by atoms with Crippen molar-refractivity contribution in [1.82, 2.24) is 14.8 Å². The van der Waals surface area contributed by atoms with Gasteiger partial charge in [-0.1, -0.05) is 52.3 Å². The Bertz CT molecular complexity index is 996. The molecule has 1 N–H and O–H groups in total. The van der Waals surface area contributed by atoms with Crippen LogP contribution in [0.15, 0.2) is 58.4 Å². The number of thiazole rings is 1. The number of amides is 1. The third-order valence-electron chi connectivity index (χ3n) is 5.38. The highest BCUT2D eigenvalue weighted by Gasteiger charge is 2.20. The van der Waals surface area contributed by atoms with E-state index < -0.39 is 0 Å². The van der Waals surface area contributed by atoms with Crippen LogP contribution in [0.2, 0.25) is 0 Å². The molecule has 1 aromatic heterocycles. The number of aryl methyl sites for hydroxylation is 1. The van der Waals surface area contributed by atoms with Crippen LogP contribution in [0.5, 0.6) is 0 Å². The number of hydrogen-bond acceptors (Lipinski definition) is 5. The molecule has 0 unspecified atom stereocenters. The second kappa shape index (κ2) is 9.83. The Morgan fingerprint density at radius 1 is 1.07 bits per heavy atom. The van der Waals surface area contributed by atoms with Gasteiger partial charge in [0.15, 0.2) is 5.13 Å². The summed E-state index contributed by atoms with van der Waals surface area (Å²) in [5.41, 5.74) is 4.65. The van der Waals surface area contributed by atoms with Crippen molar-refractivity contribution in [1.29, 1.82) is 0 Å². The minimum atomic E-state index is -0.000870. The fourth-order valence-corrected chi connectivity index (χ4v) is 4.58. The summed E-state index contributed by atoms with van der Waals surface area (Å²) in [5, 5.41) is 5.58. The molecule has 1 fully saturated rings. The smallest absolute Gasteiger partial charge is 0.240 e. The molecule has 0 aliphatic carbocycles. The highest BCUT2D eigenvalue weighted by atomic mass is 79.9. The SMILES string of the molecule is Cc1ccccc1CN1CCN(CC(=O)Nc2nc(-c3ccc(Br)cc3)cs2)CC1. The van der Waals surface area contributed by atoms with Gasteiger partial charge in [0.25, 0.3) is 0 Å². The van der Waals surface area contributed by atoms with E-state index in [0.717, 1.165) is 48.5 Å². The zero-order valence-electron chi connectivity index (χ0n) is 17.0. The Kier molecular flexibility index (Phi) is 6.94. The summed E-state index contributed by atoms with van der Waals surface area (Å²) in [6.07, 6.45) is 0. The third kappa shape index (κ3) is 5.55. The number of halogens is 1. The largest absolute Gasteiger partial charge is 0.301 e. The van der Waals surface area contributed by atoms with Crippen molar-refractivity contribution in [3.63, 3.8) is 0 Å². The Morgan fingerprint density at radius 3 is 2.50 bits per heavy atom. The van der Waals surface area contributed by atoms with Crippen molar-refractivity contribution >= 4 is 38.3 Å². The van der Waals surface area contributed by atoms with E-state index in [4.69, 9.17) is 0 Å². The van der Waals surface area contributed by atoms with E-state index in [1.165, 1.54) is 22.5 Å². The second-order valence-electron chi connectivity index (χ2n) is 7.57. The normalized spacial score (nSPS) is 15.3. The third-order valence-corrected chi connectivity index (χ3v) is 6.66. The molecule has 7 heteroatoms. The second-order valence-corrected chi connectivity index (χ2v) is 9.35. The molecule has 0 atom stereocenters. The molecule has 0 saturated carbocycles. The first-order chi connectivity index (χ1) is 14.6. The number of aromatic nitrogens is 1. The van der Waals surface area contributed by atoms with E-state index >= 15 is 0 Å². The fourth-order valence-electron chi connectivity index (χ4n) is 3.58. The molecule has 1 saturated heterocycles. The number of anilines is 1. The van der Waals surface area contributed by atoms with Gasteiger partial charge in [-0.2, -0.15) is 0 Å². The molecule has 4 rings (SSSR count). The molecule has 1 aliphatic rings.